The molecule has 0 aliphatic carbocycles. The molecule has 0 saturated carbocycles. The SMILES string of the molecule is CC(C)c1nccn1Cc1sccc1Br. The molecule has 0 aliphatic rings. The summed E-state index contributed by atoms with van der Waals surface area (Å²) in [6.07, 6.45) is 3.92. The van der Waals surface area contributed by atoms with E-state index in [0.717, 1.165) is 12.4 Å². The van der Waals surface area contributed by atoms with Crippen molar-refractivity contribution in [1.29, 1.82) is 0 Å². The summed E-state index contributed by atoms with van der Waals surface area (Å²) in [4.78, 5) is 5.72. The zero-order valence-electron chi connectivity index (χ0n) is 8.77. The molecule has 80 valence electrons. The second-order valence-corrected chi connectivity index (χ2v) is 5.61. The van der Waals surface area contributed by atoms with Crippen LogP contribution in [-0.2, 0) is 6.54 Å². The molecule has 0 bridgehead atoms. The highest BCUT2D eigenvalue weighted by Gasteiger charge is 2.09. The molecular formula is C11H13BrN2S. The van der Waals surface area contributed by atoms with Crippen LogP contribution in [0, 0.1) is 0 Å². The lowest BCUT2D eigenvalue weighted by Crippen LogP contribution is -2.04. The molecule has 2 aromatic rings. The highest BCUT2D eigenvalue weighted by Crippen LogP contribution is 2.24. The summed E-state index contributed by atoms with van der Waals surface area (Å²) < 4.78 is 3.40. The summed E-state index contributed by atoms with van der Waals surface area (Å²) in [5, 5.41) is 2.10. The van der Waals surface area contributed by atoms with Crippen molar-refractivity contribution in [3.05, 3.63) is 39.0 Å². The molecule has 0 aliphatic heterocycles. The Bertz CT molecular complexity index is 445. The first-order chi connectivity index (χ1) is 7.18. The molecule has 0 atom stereocenters. The summed E-state index contributed by atoms with van der Waals surface area (Å²) in [5.41, 5.74) is 0. The second kappa shape index (κ2) is 4.49. The van der Waals surface area contributed by atoms with E-state index < -0.39 is 0 Å². The van der Waals surface area contributed by atoms with E-state index in [0.29, 0.717) is 5.92 Å². The van der Waals surface area contributed by atoms with Gasteiger partial charge in [0.1, 0.15) is 5.82 Å². The lowest BCUT2D eigenvalue weighted by molar-refractivity contribution is 0.673. The molecule has 0 amide bonds. The normalized spacial score (nSPS) is 11.2. The number of thiophene rings is 1. The van der Waals surface area contributed by atoms with Gasteiger partial charge in [-0.3, -0.25) is 0 Å². The Hall–Kier alpha value is -0.610. The summed E-state index contributed by atoms with van der Waals surface area (Å²) in [5.74, 6) is 1.62. The molecule has 2 rings (SSSR count). The summed E-state index contributed by atoms with van der Waals surface area (Å²) in [7, 11) is 0. The van der Waals surface area contributed by atoms with Crippen molar-refractivity contribution in [3.63, 3.8) is 0 Å². The molecule has 0 unspecified atom stereocenters. The van der Waals surface area contributed by atoms with Gasteiger partial charge in [0.25, 0.3) is 0 Å². The van der Waals surface area contributed by atoms with Crippen molar-refractivity contribution < 1.29 is 0 Å². The molecule has 0 aromatic carbocycles. The van der Waals surface area contributed by atoms with E-state index in [-0.39, 0.29) is 0 Å². The Kier molecular flexibility index (Phi) is 3.26. The molecule has 0 radical (unpaired) electrons. The number of halogens is 1. The minimum absolute atomic E-state index is 0.471. The Labute approximate surface area is 102 Å². The van der Waals surface area contributed by atoms with Crippen LogP contribution in [0.5, 0.6) is 0 Å². The standard InChI is InChI=1S/C11H13BrN2S/c1-8(2)11-13-4-5-14(11)7-10-9(12)3-6-15-10/h3-6,8H,7H2,1-2H3. The van der Waals surface area contributed by atoms with E-state index in [1.54, 1.807) is 11.3 Å². The van der Waals surface area contributed by atoms with Crippen LogP contribution < -0.4 is 0 Å². The molecule has 2 heterocycles. The number of hydrogen-bond donors (Lipinski definition) is 0. The van der Waals surface area contributed by atoms with Crippen molar-refractivity contribution >= 4 is 27.3 Å². The van der Waals surface area contributed by atoms with Crippen molar-refractivity contribution in [3.8, 4) is 0 Å². The first-order valence-electron chi connectivity index (χ1n) is 4.91. The Morgan fingerprint density at radius 2 is 2.33 bits per heavy atom. The van der Waals surface area contributed by atoms with Crippen molar-refractivity contribution in [1.82, 2.24) is 9.55 Å². The third-order valence-corrected chi connectivity index (χ3v) is 4.18. The quantitative estimate of drug-likeness (QED) is 0.836. The summed E-state index contributed by atoms with van der Waals surface area (Å²) in [6.45, 7) is 5.25. The lowest BCUT2D eigenvalue weighted by atomic mass is 10.2. The van der Waals surface area contributed by atoms with E-state index in [1.807, 2.05) is 12.4 Å². The highest BCUT2D eigenvalue weighted by atomic mass is 79.9. The minimum atomic E-state index is 0.471. The Morgan fingerprint density at radius 3 is 2.93 bits per heavy atom. The van der Waals surface area contributed by atoms with Crippen LogP contribution in [0.15, 0.2) is 28.3 Å². The number of imidazole rings is 1. The summed E-state index contributed by atoms with van der Waals surface area (Å²) in [6, 6.07) is 2.09. The fraction of sp³-hybridized carbons (Fsp3) is 0.364. The van der Waals surface area contributed by atoms with Gasteiger partial charge in [0.15, 0.2) is 0 Å². The largest absolute Gasteiger partial charge is 0.329 e. The van der Waals surface area contributed by atoms with Crippen molar-refractivity contribution in [2.45, 2.75) is 26.3 Å². The molecule has 2 aromatic heterocycles. The zero-order valence-corrected chi connectivity index (χ0v) is 11.2. The maximum absolute atomic E-state index is 4.38. The van der Waals surface area contributed by atoms with Gasteiger partial charge in [-0.05, 0) is 27.4 Å². The molecule has 15 heavy (non-hydrogen) atoms. The maximum Gasteiger partial charge on any atom is 0.111 e. The van der Waals surface area contributed by atoms with Gasteiger partial charge in [-0.25, -0.2) is 4.98 Å². The first kappa shape index (κ1) is 10.9. The predicted octanol–water partition coefficient (Wildman–Crippen LogP) is 3.88. The fourth-order valence-electron chi connectivity index (χ4n) is 1.55. The van der Waals surface area contributed by atoms with Gasteiger partial charge in [0.05, 0.1) is 6.54 Å². The molecule has 4 heteroatoms. The second-order valence-electron chi connectivity index (χ2n) is 3.76. The van der Waals surface area contributed by atoms with E-state index in [4.69, 9.17) is 0 Å². The van der Waals surface area contributed by atoms with Crippen LogP contribution >= 0.6 is 27.3 Å². The van der Waals surface area contributed by atoms with Gasteiger partial charge < -0.3 is 4.57 Å². The third-order valence-electron chi connectivity index (χ3n) is 2.27. The van der Waals surface area contributed by atoms with Gasteiger partial charge in [-0.2, -0.15) is 0 Å². The topological polar surface area (TPSA) is 17.8 Å². The molecule has 0 spiro atoms. The number of hydrogen-bond acceptors (Lipinski definition) is 2. The number of aromatic nitrogens is 2. The van der Waals surface area contributed by atoms with Gasteiger partial charge in [-0.15, -0.1) is 11.3 Å². The summed E-state index contributed by atoms with van der Waals surface area (Å²) >= 11 is 5.32. The van der Waals surface area contributed by atoms with E-state index in [9.17, 15) is 0 Å². The molecule has 0 N–H and O–H groups in total. The number of nitrogens with zero attached hydrogens (tertiary/aromatic N) is 2. The van der Waals surface area contributed by atoms with Crippen molar-refractivity contribution in [2.75, 3.05) is 0 Å². The monoisotopic (exact) mass is 284 g/mol. The molecule has 0 fully saturated rings. The fourth-order valence-corrected chi connectivity index (χ4v) is 3.02. The van der Waals surface area contributed by atoms with Gasteiger partial charge in [0, 0.05) is 27.7 Å². The third kappa shape index (κ3) is 2.32. The van der Waals surface area contributed by atoms with Crippen LogP contribution in [0.25, 0.3) is 0 Å². The smallest absolute Gasteiger partial charge is 0.111 e. The van der Waals surface area contributed by atoms with Crippen LogP contribution in [0.4, 0.5) is 0 Å². The van der Waals surface area contributed by atoms with Gasteiger partial charge >= 0.3 is 0 Å². The van der Waals surface area contributed by atoms with Crippen molar-refractivity contribution in [2.24, 2.45) is 0 Å². The molecular weight excluding hydrogens is 272 g/mol. The van der Waals surface area contributed by atoms with Gasteiger partial charge in [-0.1, -0.05) is 13.8 Å². The van der Waals surface area contributed by atoms with Crippen LogP contribution in [0.1, 0.15) is 30.5 Å². The molecule has 0 saturated heterocycles. The van der Waals surface area contributed by atoms with Crippen LogP contribution in [0.2, 0.25) is 0 Å². The maximum atomic E-state index is 4.38. The minimum Gasteiger partial charge on any atom is -0.329 e. The lowest BCUT2D eigenvalue weighted by Gasteiger charge is -2.09. The number of rotatable bonds is 3. The van der Waals surface area contributed by atoms with E-state index in [2.05, 4.69) is 50.8 Å². The van der Waals surface area contributed by atoms with Gasteiger partial charge in [0.2, 0.25) is 0 Å². The Balaban J connectivity index is 2.25. The average molecular weight is 285 g/mol. The van der Waals surface area contributed by atoms with Crippen LogP contribution in [-0.4, -0.2) is 9.55 Å². The first-order valence-corrected chi connectivity index (χ1v) is 6.58. The van der Waals surface area contributed by atoms with E-state index >= 15 is 0 Å². The van der Waals surface area contributed by atoms with E-state index in [1.165, 1.54) is 9.35 Å². The van der Waals surface area contributed by atoms with Crippen LogP contribution in [0.3, 0.4) is 0 Å². The molecule has 2 nitrogen and oxygen atoms in total. The highest BCUT2D eigenvalue weighted by molar-refractivity contribution is 9.10. The Morgan fingerprint density at radius 1 is 1.53 bits per heavy atom. The zero-order chi connectivity index (χ0) is 10.8. The average Bonchev–Trinajstić information content (AvgIpc) is 2.77. The predicted molar refractivity (Wildman–Crippen MR) is 67.4 cm³/mol.